The highest BCUT2D eigenvalue weighted by atomic mass is 35.5. The second-order valence-electron chi connectivity index (χ2n) is 5.85. The third kappa shape index (κ3) is 3.26. The molecular formula is C17H22ClN3O2. The highest BCUT2D eigenvalue weighted by molar-refractivity contribution is 5.99. The molecular weight excluding hydrogens is 314 g/mol. The molecule has 23 heavy (non-hydrogen) atoms. The van der Waals surface area contributed by atoms with E-state index in [-0.39, 0.29) is 29.4 Å². The molecule has 2 aromatic rings. The quantitative estimate of drug-likeness (QED) is 0.883. The summed E-state index contributed by atoms with van der Waals surface area (Å²) in [6.07, 6.45) is 1.85. The molecule has 1 fully saturated rings. The number of para-hydroxylation sites is 1. The molecule has 0 spiro atoms. The first-order valence-electron chi connectivity index (χ1n) is 7.70. The van der Waals surface area contributed by atoms with E-state index >= 15 is 0 Å². The number of amides is 1. The smallest absolute Gasteiger partial charge is 0.261 e. The Labute approximate surface area is 141 Å². The minimum absolute atomic E-state index is 0. The van der Waals surface area contributed by atoms with Crippen molar-refractivity contribution in [3.63, 3.8) is 0 Å². The van der Waals surface area contributed by atoms with E-state index < -0.39 is 0 Å². The van der Waals surface area contributed by atoms with Gasteiger partial charge in [0.1, 0.15) is 5.56 Å². The van der Waals surface area contributed by atoms with Crippen LogP contribution in [0.2, 0.25) is 0 Å². The maximum Gasteiger partial charge on any atom is 0.261 e. The zero-order valence-corrected chi connectivity index (χ0v) is 14.2. The number of hydrogen-bond acceptors (Lipinski definition) is 3. The lowest BCUT2D eigenvalue weighted by Gasteiger charge is -2.32. The van der Waals surface area contributed by atoms with Crippen LogP contribution in [-0.4, -0.2) is 42.0 Å². The Kier molecular flexibility index (Phi) is 5.44. The van der Waals surface area contributed by atoms with Gasteiger partial charge >= 0.3 is 0 Å². The Hall–Kier alpha value is -1.85. The van der Waals surface area contributed by atoms with Crippen LogP contribution < -0.4 is 10.9 Å². The minimum atomic E-state index is -0.295. The van der Waals surface area contributed by atoms with Crippen molar-refractivity contribution in [1.29, 1.82) is 0 Å². The first-order valence-corrected chi connectivity index (χ1v) is 7.70. The molecule has 1 aliphatic rings. The van der Waals surface area contributed by atoms with Crippen molar-refractivity contribution in [3.05, 3.63) is 45.7 Å². The summed E-state index contributed by atoms with van der Waals surface area (Å²) < 4.78 is 0. The lowest BCUT2D eigenvalue weighted by molar-refractivity contribution is 0.0705. The number of likely N-dealkylation sites (tertiary alicyclic amines) is 1. The number of aromatic nitrogens is 1. The van der Waals surface area contributed by atoms with Crippen LogP contribution >= 0.6 is 12.4 Å². The van der Waals surface area contributed by atoms with Gasteiger partial charge in [-0.2, -0.15) is 0 Å². The van der Waals surface area contributed by atoms with Gasteiger partial charge in [0.25, 0.3) is 11.5 Å². The molecule has 0 saturated carbocycles. The lowest BCUT2D eigenvalue weighted by atomic mass is 10.0. The normalized spacial score (nSPS) is 15.5. The molecule has 124 valence electrons. The summed E-state index contributed by atoms with van der Waals surface area (Å²) in [4.78, 5) is 29.7. The average molecular weight is 336 g/mol. The van der Waals surface area contributed by atoms with Crippen LogP contribution in [0.3, 0.4) is 0 Å². The lowest BCUT2D eigenvalue weighted by Crippen LogP contribution is -2.45. The molecule has 0 radical (unpaired) electrons. The molecule has 0 bridgehead atoms. The van der Waals surface area contributed by atoms with E-state index in [1.165, 1.54) is 0 Å². The minimum Gasteiger partial charge on any atom is -0.338 e. The number of nitrogens with zero attached hydrogens (tertiary/aromatic N) is 1. The van der Waals surface area contributed by atoms with Gasteiger partial charge in [0, 0.05) is 30.0 Å². The number of piperidine rings is 1. The standard InChI is InChI=1S/C17H21N3O2.ClH/c1-11-13-5-3-4-6-14(13)19-16(21)15(11)17(22)20-9-7-12(18-2)8-10-20;/h3-6,12,18H,7-10H2,1-2H3,(H,19,21);1H. The van der Waals surface area contributed by atoms with Crippen LogP contribution in [0.5, 0.6) is 0 Å². The number of rotatable bonds is 2. The summed E-state index contributed by atoms with van der Waals surface area (Å²) in [5.74, 6) is -0.154. The summed E-state index contributed by atoms with van der Waals surface area (Å²) in [6.45, 7) is 3.23. The van der Waals surface area contributed by atoms with E-state index in [4.69, 9.17) is 0 Å². The molecule has 0 atom stereocenters. The van der Waals surface area contributed by atoms with Crippen LogP contribution in [0, 0.1) is 6.92 Å². The molecule has 1 aliphatic heterocycles. The second-order valence-corrected chi connectivity index (χ2v) is 5.85. The van der Waals surface area contributed by atoms with Crippen molar-refractivity contribution in [2.75, 3.05) is 20.1 Å². The SMILES string of the molecule is CNC1CCN(C(=O)c2c(C)c3ccccc3[nH]c2=O)CC1.Cl. The number of halogens is 1. The van der Waals surface area contributed by atoms with Crippen molar-refractivity contribution >= 4 is 29.2 Å². The number of benzene rings is 1. The van der Waals surface area contributed by atoms with E-state index in [9.17, 15) is 9.59 Å². The average Bonchev–Trinajstić information content (AvgIpc) is 2.55. The van der Waals surface area contributed by atoms with Crippen molar-refractivity contribution in [2.24, 2.45) is 0 Å². The predicted molar refractivity (Wildman–Crippen MR) is 94.5 cm³/mol. The molecule has 5 nitrogen and oxygen atoms in total. The summed E-state index contributed by atoms with van der Waals surface area (Å²) in [6, 6.07) is 8.04. The maximum absolute atomic E-state index is 12.8. The van der Waals surface area contributed by atoms with Crippen LogP contribution in [-0.2, 0) is 0 Å². The fraction of sp³-hybridized carbons (Fsp3) is 0.412. The van der Waals surface area contributed by atoms with Gasteiger partial charge in [-0.05, 0) is 38.4 Å². The van der Waals surface area contributed by atoms with E-state index in [1.54, 1.807) is 4.90 Å². The van der Waals surface area contributed by atoms with E-state index in [0.717, 1.165) is 29.3 Å². The van der Waals surface area contributed by atoms with Gasteiger partial charge in [0.05, 0.1) is 0 Å². The number of aryl methyl sites for hydroxylation is 1. The Bertz CT molecular complexity index is 764. The molecule has 6 heteroatoms. The Balaban J connectivity index is 0.00000192. The molecule has 2 heterocycles. The number of fused-ring (bicyclic) bond motifs is 1. The Morgan fingerprint density at radius 1 is 1.26 bits per heavy atom. The number of nitrogens with one attached hydrogen (secondary N) is 2. The first kappa shape index (κ1) is 17.5. The number of hydrogen-bond donors (Lipinski definition) is 2. The third-order valence-corrected chi connectivity index (χ3v) is 4.59. The Morgan fingerprint density at radius 3 is 2.57 bits per heavy atom. The van der Waals surface area contributed by atoms with E-state index in [0.29, 0.717) is 19.1 Å². The van der Waals surface area contributed by atoms with E-state index in [1.807, 2.05) is 38.2 Å². The van der Waals surface area contributed by atoms with E-state index in [2.05, 4.69) is 10.3 Å². The van der Waals surface area contributed by atoms with Gasteiger partial charge in [-0.15, -0.1) is 12.4 Å². The molecule has 1 aromatic heterocycles. The highest BCUT2D eigenvalue weighted by Gasteiger charge is 2.26. The third-order valence-electron chi connectivity index (χ3n) is 4.59. The number of aromatic amines is 1. The first-order chi connectivity index (χ1) is 10.6. The van der Waals surface area contributed by atoms with Crippen molar-refractivity contribution in [2.45, 2.75) is 25.8 Å². The molecule has 3 rings (SSSR count). The summed E-state index contributed by atoms with van der Waals surface area (Å²) >= 11 is 0. The Morgan fingerprint density at radius 2 is 1.91 bits per heavy atom. The zero-order chi connectivity index (χ0) is 15.7. The molecule has 1 amide bonds. The molecule has 1 saturated heterocycles. The molecule has 0 unspecified atom stereocenters. The largest absolute Gasteiger partial charge is 0.338 e. The zero-order valence-electron chi connectivity index (χ0n) is 13.4. The van der Waals surface area contributed by atoms with Crippen LogP contribution in [0.25, 0.3) is 10.9 Å². The summed E-state index contributed by atoms with van der Waals surface area (Å²) in [7, 11) is 1.94. The maximum atomic E-state index is 12.8. The van der Waals surface area contributed by atoms with Gasteiger partial charge in [-0.1, -0.05) is 18.2 Å². The number of pyridine rings is 1. The van der Waals surface area contributed by atoms with Gasteiger partial charge in [-0.3, -0.25) is 9.59 Å². The van der Waals surface area contributed by atoms with Crippen molar-refractivity contribution in [3.8, 4) is 0 Å². The highest BCUT2D eigenvalue weighted by Crippen LogP contribution is 2.19. The monoisotopic (exact) mass is 335 g/mol. The van der Waals surface area contributed by atoms with Crippen LogP contribution in [0.1, 0.15) is 28.8 Å². The van der Waals surface area contributed by atoms with Gasteiger partial charge in [0.2, 0.25) is 0 Å². The van der Waals surface area contributed by atoms with Gasteiger partial charge < -0.3 is 15.2 Å². The second kappa shape index (κ2) is 7.15. The molecule has 0 aliphatic carbocycles. The summed E-state index contributed by atoms with van der Waals surface area (Å²) in [5, 5.41) is 4.17. The van der Waals surface area contributed by atoms with Crippen LogP contribution in [0.15, 0.2) is 29.1 Å². The van der Waals surface area contributed by atoms with Crippen molar-refractivity contribution < 1.29 is 4.79 Å². The fourth-order valence-corrected chi connectivity index (χ4v) is 3.20. The molecule has 2 N–H and O–H groups in total. The van der Waals surface area contributed by atoms with Crippen LogP contribution in [0.4, 0.5) is 0 Å². The molecule has 1 aromatic carbocycles. The van der Waals surface area contributed by atoms with Gasteiger partial charge in [-0.25, -0.2) is 0 Å². The number of H-pyrrole nitrogens is 1. The summed E-state index contributed by atoms with van der Waals surface area (Å²) in [5.41, 5.74) is 1.52. The predicted octanol–water partition coefficient (Wildman–Crippen LogP) is 2.08. The number of carbonyl (C=O) groups excluding carboxylic acids is 1. The topological polar surface area (TPSA) is 65.2 Å². The van der Waals surface area contributed by atoms with Gasteiger partial charge in [0.15, 0.2) is 0 Å². The fourth-order valence-electron chi connectivity index (χ4n) is 3.20. The number of carbonyl (C=O) groups is 1. The van der Waals surface area contributed by atoms with Crippen molar-refractivity contribution in [1.82, 2.24) is 15.2 Å².